The van der Waals surface area contributed by atoms with Gasteiger partial charge in [-0.15, -0.1) is 0 Å². The van der Waals surface area contributed by atoms with Gasteiger partial charge in [-0.2, -0.15) is 0 Å². The topological polar surface area (TPSA) is 120 Å². The van der Waals surface area contributed by atoms with Crippen LogP contribution in [0.2, 0.25) is 0 Å². The number of benzene rings is 1. The summed E-state index contributed by atoms with van der Waals surface area (Å²) in [5.74, 6) is 0.237. The highest BCUT2D eigenvalue weighted by atomic mass is 32.2. The molecular formula is C28H42N3O5S2-. The third-order valence-corrected chi connectivity index (χ3v) is 8.83. The number of nitrogens with one attached hydrogen (secondary N) is 2. The van der Waals surface area contributed by atoms with Crippen LogP contribution in [0.25, 0.3) is 11.3 Å². The van der Waals surface area contributed by atoms with Crippen molar-refractivity contribution >= 4 is 27.0 Å². The molecule has 1 aromatic carbocycles. The van der Waals surface area contributed by atoms with Crippen molar-refractivity contribution < 1.29 is 22.0 Å². The Morgan fingerprint density at radius 3 is 2.29 bits per heavy atom. The summed E-state index contributed by atoms with van der Waals surface area (Å²) in [6, 6.07) is 7.26. The molecule has 1 aliphatic rings. The van der Waals surface area contributed by atoms with E-state index in [1.54, 1.807) is 19.9 Å². The van der Waals surface area contributed by atoms with Gasteiger partial charge in [0.25, 0.3) is 5.91 Å². The van der Waals surface area contributed by atoms with Crippen molar-refractivity contribution in [1.29, 1.82) is 0 Å². The van der Waals surface area contributed by atoms with Gasteiger partial charge in [-0.25, -0.2) is 13.1 Å². The van der Waals surface area contributed by atoms with Gasteiger partial charge >= 0.3 is 0 Å². The van der Waals surface area contributed by atoms with Gasteiger partial charge in [0.15, 0.2) is 0 Å². The molecule has 1 saturated carbocycles. The second kappa shape index (κ2) is 11.6. The molecule has 8 nitrogen and oxygen atoms in total. The van der Waals surface area contributed by atoms with Crippen LogP contribution in [0.4, 0.5) is 0 Å². The van der Waals surface area contributed by atoms with Crippen molar-refractivity contribution in [2.24, 2.45) is 5.92 Å². The van der Waals surface area contributed by atoms with Gasteiger partial charge < -0.3 is 14.4 Å². The van der Waals surface area contributed by atoms with E-state index >= 15 is 0 Å². The molecule has 1 amide bonds. The van der Waals surface area contributed by atoms with Gasteiger partial charge in [-0.05, 0) is 85.4 Å². The largest absolute Gasteiger partial charge is 0.768 e. The molecule has 10 heteroatoms. The first-order valence-corrected chi connectivity index (χ1v) is 16.2. The van der Waals surface area contributed by atoms with Crippen LogP contribution in [0.15, 0.2) is 29.2 Å². The average Bonchev–Trinajstić information content (AvgIpc) is 3.11. The van der Waals surface area contributed by atoms with Crippen molar-refractivity contribution in [1.82, 2.24) is 14.6 Å². The zero-order valence-electron chi connectivity index (χ0n) is 23.6. The summed E-state index contributed by atoms with van der Waals surface area (Å²) < 4.78 is 52.0. The number of carbonyl (C=O) groups excluding carboxylic acids is 1. The number of hydrogen-bond donors (Lipinski definition) is 2. The monoisotopic (exact) mass is 564 g/mol. The maximum Gasteiger partial charge on any atom is 0.253 e. The molecule has 1 atom stereocenters. The van der Waals surface area contributed by atoms with E-state index in [0.717, 1.165) is 48.2 Å². The summed E-state index contributed by atoms with van der Waals surface area (Å²) in [6.45, 7) is 12.2. The standard InChI is InChI=1S/C28H43N3O5S2/c1-19-22(26(32)29-18-28(5,6)30-38(7,35)36)16-24(31(19)17-20-11-9-8-10-12-20)21-13-14-25(37(33)34)23(15-21)27(2,3)4/h13-16,20,30H,8-12,17-18H2,1-7H3,(H,29,32)(H,33,34)/p-1. The summed E-state index contributed by atoms with van der Waals surface area (Å²) in [5, 5.41) is 2.90. The Kier molecular flexibility index (Phi) is 9.33. The first kappa shape index (κ1) is 30.5. The quantitative estimate of drug-likeness (QED) is 0.430. The number of sulfonamides is 1. The fraction of sp³-hybridized carbons (Fsp3) is 0.607. The molecule has 1 aliphatic carbocycles. The van der Waals surface area contributed by atoms with Crippen molar-refractivity contribution in [2.45, 2.75) is 96.0 Å². The molecule has 0 radical (unpaired) electrons. The van der Waals surface area contributed by atoms with Crippen LogP contribution in [-0.4, -0.2) is 46.0 Å². The molecule has 1 fully saturated rings. The Morgan fingerprint density at radius 1 is 1.11 bits per heavy atom. The molecule has 0 aliphatic heterocycles. The van der Waals surface area contributed by atoms with E-state index in [1.807, 2.05) is 45.9 Å². The van der Waals surface area contributed by atoms with E-state index in [4.69, 9.17) is 0 Å². The highest BCUT2D eigenvalue weighted by Crippen LogP contribution is 2.35. The molecule has 1 unspecified atom stereocenters. The number of amides is 1. The SMILES string of the molecule is Cc1c(C(=O)NCC(C)(C)NS(C)(=O)=O)cc(-c2ccc(S(=O)[O-])c(C(C)(C)C)c2)n1CC1CCCCC1. The second-order valence-electron chi connectivity index (χ2n) is 12.3. The summed E-state index contributed by atoms with van der Waals surface area (Å²) >= 11 is -2.36. The number of rotatable bonds is 9. The van der Waals surface area contributed by atoms with E-state index in [1.165, 1.54) is 19.3 Å². The minimum absolute atomic E-state index is 0.125. The molecule has 0 bridgehead atoms. The van der Waals surface area contributed by atoms with Gasteiger partial charge in [0.05, 0.1) is 11.8 Å². The Bertz CT molecular complexity index is 1300. The van der Waals surface area contributed by atoms with Crippen LogP contribution in [0.5, 0.6) is 0 Å². The van der Waals surface area contributed by atoms with Crippen molar-refractivity contribution in [2.75, 3.05) is 12.8 Å². The molecular weight excluding hydrogens is 522 g/mol. The third kappa shape index (κ3) is 7.77. The highest BCUT2D eigenvalue weighted by molar-refractivity contribution is 7.88. The van der Waals surface area contributed by atoms with Gasteiger partial charge in [0.2, 0.25) is 10.0 Å². The lowest BCUT2D eigenvalue weighted by atomic mass is 9.85. The molecule has 1 aromatic heterocycles. The molecule has 3 rings (SSSR count). The first-order chi connectivity index (χ1) is 17.5. The van der Waals surface area contributed by atoms with E-state index in [-0.39, 0.29) is 22.8 Å². The smallest absolute Gasteiger partial charge is 0.253 e. The van der Waals surface area contributed by atoms with Crippen LogP contribution in [0, 0.1) is 12.8 Å². The molecule has 2 aromatic rings. The van der Waals surface area contributed by atoms with Crippen LogP contribution in [0.3, 0.4) is 0 Å². The summed E-state index contributed by atoms with van der Waals surface area (Å²) in [5.41, 5.74) is 2.59. The minimum Gasteiger partial charge on any atom is -0.768 e. The lowest BCUT2D eigenvalue weighted by molar-refractivity contribution is 0.0943. The third-order valence-electron chi connectivity index (χ3n) is 7.19. The van der Waals surface area contributed by atoms with Gasteiger partial charge in [0.1, 0.15) is 0 Å². The normalized spacial score (nSPS) is 16.4. The van der Waals surface area contributed by atoms with Crippen LogP contribution >= 0.6 is 0 Å². The number of nitrogens with zero attached hydrogens (tertiary/aromatic N) is 1. The Balaban J connectivity index is 2.03. The van der Waals surface area contributed by atoms with Crippen molar-refractivity contribution in [3.63, 3.8) is 0 Å². The maximum atomic E-state index is 13.4. The molecule has 38 heavy (non-hydrogen) atoms. The first-order valence-electron chi connectivity index (χ1n) is 13.2. The summed E-state index contributed by atoms with van der Waals surface area (Å²) in [7, 11) is -3.43. The van der Waals surface area contributed by atoms with E-state index < -0.39 is 26.6 Å². The molecule has 212 valence electrons. The van der Waals surface area contributed by atoms with E-state index in [9.17, 15) is 22.0 Å². The lowest BCUT2D eigenvalue weighted by Crippen LogP contribution is -2.51. The summed E-state index contributed by atoms with van der Waals surface area (Å²) in [4.78, 5) is 13.6. The lowest BCUT2D eigenvalue weighted by Gasteiger charge is -2.26. The van der Waals surface area contributed by atoms with Crippen molar-refractivity contribution in [3.8, 4) is 11.3 Å². The highest BCUT2D eigenvalue weighted by Gasteiger charge is 2.27. The van der Waals surface area contributed by atoms with Crippen LogP contribution in [-0.2, 0) is 33.1 Å². The van der Waals surface area contributed by atoms with E-state index in [2.05, 4.69) is 14.6 Å². The minimum atomic E-state index is -3.43. The molecule has 0 spiro atoms. The second-order valence-corrected chi connectivity index (χ2v) is 14.9. The Hall–Kier alpha value is -2.01. The summed E-state index contributed by atoms with van der Waals surface area (Å²) in [6.07, 6.45) is 7.04. The average molecular weight is 565 g/mol. The van der Waals surface area contributed by atoms with Gasteiger partial charge in [-0.1, -0.05) is 46.1 Å². The fourth-order valence-corrected chi connectivity index (χ4v) is 7.13. The number of hydrogen-bond acceptors (Lipinski definition) is 5. The predicted octanol–water partition coefficient (Wildman–Crippen LogP) is 4.64. The zero-order valence-corrected chi connectivity index (χ0v) is 25.3. The number of aromatic nitrogens is 1. The van der Waals surface area contributed by atoms with Gasteiger partial charge in [-0.3, -0.25) is 9.00 Å². The number of carbonyl (C=O) groups is 1. The predicted molar refractivity (Wildman–Crippen MR) is 151 cm³/mol. The Labute approximate surface area is 230 Å². The van der Waals surface area contributed by atoms with Gasteiger partial charge in [0, 0.05) is 34.9 Å². The molecule has 1 heterocycles. The van der Waals surface area contributed by atoms with E-state index in [0.29, 0.717) is 11.5 Å². The molecule has 2 N–H and O–H groups in total. The fourth-order valence-electron chi connectivity index (χ4n) is 5.33. The zero-order chi connectivity index (χ0) is 28.5. The Morgan fingerprint density at radius 2 is 1.74 bits per heavy atom. The molecule has 0 saturated heterocycles. The van der Waals surface area contributed by atoms with Crippen LogP contribution < -0.4 is 10.0 Å². The van der Waals surface area contributed by atoms with Crippen LogP contribution in [0.1, 0.15) is 88.3 Å². The van der Waals surface area contributed by atoms with Crippen molar-refractivity contribution in [3.05, 3.63) is 41.1 Å². The maximum absolute atomic E-state index is 13.4.